The number of ether oxygens (including phenoxy) is 2. The molecule has 0 aliphatic heterocycles. The van der Waals surface area contributed by atoms with Crippen LogP contribution in [0.1, 0.15) is 5.56 Å². The predicted molar refractivity (Wildman–Crippen MR) is 81.2 cm³/mol. The molecular formula is C16H18N2O3. The molecule has 0 heterocycles. The molecule has 0 aliphatic rings. The van der Waals surface area contributed by atoms with Crippen molar-refractivity contribution in [3.8, 4) is 5.75 Å². The summed E-state index contributed by atoms with van der Waals surface area (Å²) >= 11 is 0. The average Bonchev–Trinajstić information content (AvgIpc) is 2.52. The summed E-state index contributed by atoms with van der Waals surface area (Å²) in [7, 11) is 1.57. The fourth-order valence-electron chi connectivity index (χ4n) is 1.75. The number of hydrogen-bond donors (Lipinski definition) is 2. The number of rotatable bonds is 6. The molecule has 0 saturated carbocycles. The van der Waals surface area contributed by atoms with Crippen molar-refractivity contribution in [1.82, 2.24) is 5.32 Å². The third-order valence-corrected chi connectivity index (χ3v) is 2.73. The second-order valence-corrected chi connectivity index (χ2v) is 4.37. The molecule has 0 bridgehead atoms. The Kier molecular flexibility index (Phi) is 5.60. The summed E-state index contributed by atoms with van der Waals surface area (Å²) in [5, 5.41) is 5.55. The second kappa shape index (κ2) is 7.91. The van der Waals surface area contributed by atoms with Crippen LogP contribution >= 0.6 is 0 Å². The lowest BCUT2D eigenvalue weighted by atomic mass is 10.2. The molecule has 2 aromatic rings. The number of carbonyl (C=O) groups excluding carboxylic acids is 1. The van der Waals surface area contributed by atoms with Crippen molar-refractivity contribution >= 4 is 11.7 Å². The molecule has 5 heteroatoms. The lowest BCUT2D eigenvalue weighted by Crippen LogP contribution is -2.28. The molecule has 2 aromatic carbocycles. The molecular weight excluding hydrogens is 268 g/mol. The molecule has 0 unspecified atom stereocenters. The quantitative estimate of drug-likeness (QED) is 0.803. The summed E-state index contributed by atoms with van der Waals surface area (Å²) < 4.78 is 10.2. The van der Waals surface area contributed by atoms with Gasteiger partial charge in [0.2, 0.25) is 0 Å². The lowest BCUT2D eigenvalue weighted by Gasteiger charge is -2.09. The van der Waals surface area contributed by atoms with E-state index >= 15 is 0 Å². The van der Waals surface area contributed by atoms with Crippen LogP contribution in [0.5, 0.6) is 5.75 Å². The van der Waals surface area contributed by atoms with Gasteiger partial charge in [0, 0.05) is 19.3 Å². The summed E-state index contributed by atoms with van der Waals surface area (Å²) in [4.78, 5) is 11.8. The molecule has 2 amide bonds. The third kappa shape index (κ3) is 5.16. The number of urea groups is 1. The zero-order valence-corrected chi connectivity index (χ0v) is 11.8. The molecule has 0 fully saturated rings. The maximum absolute atomic E-state index is 11.8. The van der Waals surface area contributed by atoms with E-state index in [9.17, 15) is 4.79 Å². The van der Waals surface area contributed by atoms with Crippen LogP contribution in [0.3, 0.4) is 0 Å². The second-order valence-electron chi connectivity index (χ2n) is 4.37. The van der Waals surface area contributed by atoms with Crippen LogP contribution in [0, 0.1) is 0 Å². The average molecular weight is 286 g/mol. The van der Waals surface area contributed by atoms with Gasteiger partial charge in [-0.3, -0.25) is 0 Å². The highest BCUT2D eigenvalue weighted by molar-refractivity contribution is 5.89. The van der Waals surface area contributed by atoms with E-state index in [0.717, 1.165) is 11.3 Å². The Labute approximate surface area is 123 Å². The molecule has 0 aromatic heterocycles. The molecule has 0 aliphatic carbocycles. The molecule has 2 rings (SSSR count). The van der Waals surface area contributed by atoms with E-state index in [-0.39, 0.29) is 12.8 Å². The number of anilines is 1. The molecule has 110 valence electrons. The molecule has 5 nitrogen and oxygen atoms in total. The highest BCUT2D eigenvalue weighted by Crippen LogP contribution is 2.13. The summed E-state index contributed by atoms with van der Waals surface area (Å²) in [5.74, 6) is 0.708. The Balaban J connectivity index is 1.83. The van der Waals surface area contributed by atoms with Crippen molar-refractivity contribution < 1.29 is 14.3 Å². The number of benzene rings is 2. The zero-order valence-electron chi connectivity index (χ0n) is 11.8. The minimum atomic E-state index is -0.246. The van der Waals surface area contributed by atoms with Gasteiger partial charge in [0.25, 0.3) is 0 Å². The Hall–Kier alpha value is -2.53. The summed E-state index contributed by atoms with van der Waals surface area (Å²) in [6.45, 7) is 0.619. The predicted octanol–water partition coefficient (Wildman–Crippen LogP) is 2.99. The van der Waals surface area contributed by atoms with Crippen molar-refractivity contribution in [3.63, 3.8) is 0 Å². The van der Waals surface area contributed by atoms with Gasteiger partial charge in [0.1, 0.15) is 5.75 Å². The van der Waals surface area contributed by atoms with Crippen molar-refractivity contribution in [2.75, 3.05) is 19.2 Å². The lowest BCUT2D eigenvalue weighted by molar-refractivity contribution is 0.0511. The first-order valence-corrected chi connectivity index (χ1v) is 6.58. The number of amides is 2. The van der Waals surface area contributed by atoms with Crippen LogP contribution in [0.25, 0.3) is 0 Å². The van der Waals surface area contributed by atoms with E-state index in [2.05, 4.69) is 10.6 Å². The topological polar surface area (TPSA) is 59.6 Å². The van der Waals surface area contributed by atoms with Crippen molar-refractivity contribution in [2.24, 2.45) is 0 Å². The van der Waals surface area contributed by atoms with Crippen LogP contribution in [0.4, 0.5) is 10.5 Å². The van der Waals surface area contributed by atoms with Crippen LogP contribution in [-0.4, -0.2) is 19.9 Å². The van der Waals surface area contributed by atoms with Crippen LogP contribution < -0.4 is 15.4 Å². The molecule has 0 atom stereocenters. The molecule has 0 radical (unpaired) electrons. The monoisotopic (exact) mass is 286 g/mol. The van der Waals surface area contributed by atoms with E-state index < -0.39 is 0 Å². The van der Waals surface area contributed by atoms with Gasteiger partial charge in [0.15, 0.2) is 6.79 Å². The third-order valence-electron chi connectivity index (χ3n) is 2.73. The molecule has 2 N–H and O–H groups in total. The first kappa shape index (κ1) is 14.9. The van der Waals surface area contributed by atoms with E-state index in [1.807, 2.05) is 54.6 Å². The van der Waals surface area contributed by atoms with Crippen molar-refractivity contribution in [2.45, 2.75) is 6.54 Å². The Bertz CT molecular complexity index is 573. The van der Waals surface area contributed by atoms with E-state index in [1.54, 1.807) is 7.11 Å². The normalized spacial score (nSPS) is 9.95. The minimum absolute atomic E-state index is 0.200. The summed E-state index contributed by atoms with van der Waals surface area (Å²) in [5.41, 5.74) is 1.71. The van der Waals surface area contributed by atoms with Gasteiger partial charge >= 0.3 is 6.03 Å². The van der Waals surface area contributed by atoms with Gasteiger partial charge in [0.05, 0.1) is 0 Å². The SMILES string of the molecule is COCOc1cccc(CNC(=O)Nc2ccccc2)c1. The summed E-state index contributed by atoms with van der Waals surface area (Å²) in [6.07, 6.45) is 0. The Morgan fingerprint density at radius 3 is 2.67 bits per heavy atom. The number of nitrogens with one attached hydrogen (secondary N) is 2. The number of methoxy groups -OCH3 is 1. The minimum Gasteiger partial charge on any atom is -0.468 e. The fourth-order valence-corrected chi connectivity index (χ4v) is 1.75. The van der Waals surface area contributed by atoms with Gasteiger partial charge in [-0.25, -0.2) is 4.79 Å². The van der Waals surface area contributed by atoms with E-state index in [1.165, 1.54) is 0 Å². The molecule has 0 saturated heterocycles. The molecule has 21 heavy (non-hydrogen) atoms. The molecule has 0 spiro atoms. The zero-order chi connectivity index (χ0) is 14.9. The smallest absolute Gasteiger partial charge is 0.319 e. The van der Waals surface area contributed by atoms with E-state index in [4.69, 9.17) is 9.47 Å². The van der Waals surface area contributed by atoms with Gasteiger partial charge in [-0.05, 0) is 29.8 Å². The number of hydrogen-bond acceptors (Lipinski definition) is 3. The van der Waals surface area contributed by atoms with Gasteiger partial charge in [-0.15, -0.1) is 0 Å². The van der Waals surface area contributed by atoms with Crippen molar-refractivity contribution in [3.05, 3.63) is 60.2 Å². The highest BCUT2D eigenvalue weighted by Gasteiger charge is 2.02. The maximum atomic E-state index is 11.8. The summed E-state index contributed by atoms with van der Waals surface area (Å²) in [6, 6.07) is 16.5. The van der Waals surface area contributed by atoms with E-state index in [0.29, 0.717) is 12.3 Å². The highest BCUT2D eigenvalue weighted by atomic mass is 16.7. The maximum Gasteiger partial charge on any atom is 0.319 e. The fraction of sp³-hybridized carbons (Fsp3) is 0.188. The van der Waals surface area contributed by atoms with Gasteiger partial charge in [-0.1, -0.05) is 30.3 Å². The number of para-hydroxylation sites is 1. The van der Waals surface area contributed by atoms with Gasteiger partial charge in [-0.2, -0.15) is 0 Å². The van der Waals surface area contributed by atoms with Crippen LogP contribution in [0.2, 0.25) is 0 Å². The van der Waals surface area contributed by atoms with Crippen LogP contribution in [0.15, 0.2) is 54.6 Å². The standard InChI is InChI=1S/C16H18N2O3/c1-20-12-21-15-9-5-6-13(10-15)11-17-16(19)18-14-7-3-2-4-8-14/h2-10H,11-12H2,1H3,(H2,17,18,19). The first-order valence-electron chi connectivity index (χ1n) is 6.58. The first-order chi connectivity index (χ1) is 10.3. The Morgan fingerprint density at radius 1 is 1.10 bits per heavy atom. The van der Waals surface area contributed by atoms with Crippen molar-refractivity contribution in [1.29, 1.82) is 0 Å². The Morgan fingerprint density at radius 2 is 1.90 bits per heavy atom. The number of carbonyl (C=O) groups is 1. The largest absolute Gasteiger partial charge is 0.468 e. The van der Waals surface area contributed by atoms with Gasteiger partial charge < -0.3 is 20.1 Å². The van der Waals surface area contributed by atoms with Crippen LogP contribution in [-0.2, 0) is 11.3 Å².